The van der Waals surface area contributed by atoms with Crippen LogP contribution in [-0.2, 0) is 21.2 Å². The molecule has 0 N–H and O–H groups in total. The third kappa shape index (κ3) is 7.77. The molecule has 2 aromatic rings. The van der Waals surface area contributed by atoms with Gasteiger partial charge in [-0.1, -0.05) is 19.9 Å². The van der Waals surface area contributed by atoms with Crippen molar-refractivity contribution in [3.8, 4) is 11.5 Å². The standard InChI is InChI=1S/C31H47N3O5S/c1-8-33(9-2)22-25-12-16-34(17-13-25)29-11-10-26(21-30(29)39-7)20-27(35)14-15-32(5)40(36,37)31-23(3)18-28(38-6)19-24(31)4/h10-11,18-19,21,25H,8-9,12-17,20,22H2,1-7H3. The number of anilines is 1. The summed E-state index contributed by atoms with van der Waals surface area (Å²) in [4.78, 5) is 18.0. The molecule has 0 atom stereocenters. The van der Waals surface area contributed by atoms with Crippen LogP contribution in [0.15, 0.2) is 35.2 Å². The summed E-state index contributed by atoms with van der Waals surface area (Å²) >= 11 is 0. The van der Waals surface area contributed by atoms with Gasteiger partial charge in [0.25, 0.3) is 0 Å². The molecule has 1 aliphatic heterocycles. The SMILES string of the molecule is CCN(CC)CC1CCN(c2ccc(CC(=O)CCN(C)S(=O)(=O)c3c(C)cc(OC)cc3C)cc2OC)CC1. The van der Waals surface area contributed by atoms with Gasteiger partial charge >= 0.3 is 0 Å². The zero-order chi connectivity index (χ0) is 29.4. The Bertz CT molecular complexity index is 1230. The third-order valence-corrected chi connectivity index (χ3v) is 10.2. The third-order valence-electron chi connectivity index (χ3n) is 8.05. The number of hydrogen-bond acceptors (Lipinski definition) is 7. The number of methoxy groups -OCH3 is 2. The van der Waals surface area contributed by atoms with Gasteiger partial charge in [0.2, 0.25) is 10.0 Å². The molecular weight excluding hydrogens is 526 g/mol. The Labute approximate surface area is 241 Å². The van der Waals surface area contributed by atoms with E-state index in [0.29, 0.717) is 16.9 Å². The van der Waals surface area contributed by atoms with Crippen molar-refractivity contribution in [2.24, 2.45) is 5.92 Å². The Kier molecular flexibility index (Phi) is 11.4. The van der Waals surface area contributed by atoms with Crippen LogP contribution < -0.4 is 14.4 Å². The van der Waals surface area contributed by atoms with Crippen molar-refractivity contribution < 1.29 is 22.7 Å². The summed E-state index contributed by atoms with van der Waals surface area (Å²) in [5.41, 5.74) is 3.18. The second-order valence-corrected chi connectivity index (χ2v) is 12.8. The van der Waals surface area contributed by atoms with Crippen molar-refractivity contribution in [1.82, 2.24) is 9.21 Å². The van der Waals surface area contributed by atoms with Gasteiger partial charge in [-0.25, -0.2) is 12.7 Å². The molecule has 0 unspecified atom stereocenters. The molecule has 0 radical (unpaired) electrons. The van der Waals surface area contributed by atoms with E-state index in [9.17, 15) is 13.2 Å². The molecule has 0 amide bonds. The molecule has 0 bridgehead atoms. The maximum atomic E-state index is 13.3. The number of rotatable bonds is 14. The maximum absolute atomic E-state index is 13.3. The van der Waals surface area contributed by atoms with Crippen LogP contribution in [0.25, 0.3) is 0 Å². The Morgan fingerprint density at radius 3 is 2.17 bits per heavy atom. The Balaban J connectivity index is 1.59. The van der Waals surface area contributed by atoms with E-state index < -0.39 is 10.0 Å². The van der Waals surface area contributed by atoms with Gasteiger partial charge in [0.05, 0.1) is 24.8 Å². The average molecular weight is 574 g/mol. The normalized spacial score (nSPS) is 14.7. The van der Waals surface area contributed by atoms with E-state index in [0.717, 1.165) is 68.5 Å². The smallest absolute Gasteiger partial charge is 0.243 e. The fourth-order valence-electron chi connectivity index (χ4n) is 5.61. The lowest BCUT2D eigenvalue weighted by Crippen LogP contribution is -2.38. The topological polar surface area (TPSA) is 79.4 Å². The van der Waals surface area contributed by atoms with Crippen molar-refractivity contribution >= 4 is 21.5 Å². The summed E-state index contributed by atoms with van der Waals surface area (Å²) in [5.74, 6) is 2.10. The van der Waals surface area contributed by atoms with Crippen molar-refractivity contribution in [3.05, 3.63) is 47.0 Å². The molecule has 222 valence electrons. The molecule has 0 saturated carbocycles. The number of sulfonamides is 1. The number of benzene rings is 2. The molecule has 1 aliphatic rings. The van der Waals surface area contributed by atoms with Crippen LogP contribution in [0.3, 0.4) is 0 Å². The molecule has 40 heavy (non-hydrogen) atoms. The molecule has 0 aliphatic carbocycles. The van der Waals surface area contributed by atoms with Crippen LogP contribution in [-0.4, -0.2) is 83.9 Å². The minimum absolute atomic E-state index is 0.0164. The van der Waals surface area contributed by atoms with Crippen molar-refractivity contribution in [2.75, 3.05) is 65.4 Å². The van der Waals surface area contributed by atoms with Crippen LogP contribution in [0.2, 0.25) is 0 Å². The van der Waals surface area contributed by atoms with Gasteiger partial charge in [0.1, 0.15) is 17.3 Å². The van der Waals surface area contributed by atoms with Gasteiger partial charge < -0.3 is 19.3 Å². The lowest BCUT2D eigenvalue weighted by atomic mass is 9.95. The van der Waals surface area contributed by atoms with E-state index in [2.05, 4.69) is 29.7 Å². The van der Waals surface area contributed by atoms with E-state index in [1.165, 1.54) is 11.4 Å². The maximum Gasteiger partial charge on any atom is 0.243 e. The van der Waals surface area contributed by atoms with Gasteiger partial charge in [-0.15, -0.1) is 0 Å². The number of hydrogen-bond donors (Lipinski definition) is 0. The molecule has 2 aromatic carbocycles. The van der Waals surface area contributed by atoms with E-state index in [1.54, 1.807) is 40.2 Å². The van der Waals surface area contributed by atoms with Crippen LogP contribution in [0, 0.1) is 19.8 Å². The van der Waals surface area contributed by atoms with Gasteiger partial charge in [-0.3, -0.25) is 4.79 Å². The first kappa shape index (κ1) is 31.9. The number of Topliss-reactive ketones (excluding diaryl/α,β-unsaturated/α-hetero) is 1. The molecule has 0 aromatic heterocycles. The van der Waals surface area contributed by atoms with E-state index in [4.69, 9.17) is 9.47 Å². The largest absolute Gasteiger partial charge is 0.497 e. The number of ether oxygens (including phenoxy) is 2. The molecule has 1 saturated heterocycles. The summed E-state index contributed by atoms with van der Waals surface area (Å²) in [6.45, 7) is 13.4. The quantitative estimate of drug-likeness (QED) is 0.324. The Morgan fingerprint density at radius 2 is 1.62 bits per heavy atom. The summed E-state index contributed by atoms with van der Waals surface area (Å²) < 4.78 is 38.8. The first-order valence-corrected chi connectivity index (χ1v) is 15.7. The Morgan fingerprint density at radius 1 is 1.00 bits per heavy atom. The molecular formula is C31H47N3O5S. The second-order valence-electron chi connectivity index (χ2n) is 10.8. The monoisotopic (exact) mass is 573 g/mol. The highest BCUT2D eigenvalue weighted by Gasteiger charge is 2.26. The van der Waals surface area contributed by atoms with E-state index in [1.807, 2.05) is 12.1 Å². The average Bonchev–Trinajstić information content (AvgIpc) is 2.94. The van der Waals surface area contributed by atoms with Crippen LogP contribution in [0.1, 0.15) is 49.8 Å². The molecule has 1 fully saturated rings. The van der Waals surface area contributed by atoms with E-state index in [-0.39, 0.29) is 30.1 Å². The Hall–Kier alpha value is -2.62. The lowest BCUT2D eigenvalue weighted by molar-refractivity contribution is -0.118. The summed E-state index contributed by atoms with van der Waals surface area (Å²) in [7, 11) is 1.01. The lowest BCUT2D eigenvalue weighted by Gasteiger charge is -2.36. The predicted molar refractivity (Wildman–Crippen MR) is 161 cm³/mol. The zero-order valence-corrected chi connectivity index (χ0v) is 26.1. The van der Waals surface area contributed by atoms with Gasteiger partial charge in [0.15, 0.2) is 0 Å². The zero-order valence-electron chi connectivity index (χ0n) is 25.3. The molecule has 8 nitrogen and oxygen atoms in total. The predicted octanol–water partition coefficient (Wildman–Crippen LogP) is 4.70. The first-order chi connectivity index (χ1) is 19.0. The molecule has 1 heterocycles. The second kappa shape index (κ2) is 14.3. The number of ketones is 1. The minimum atomic E-state index is -3.74. The fraction of sp³-hybridized carbons (Fsp3) is 0.581. The number of carbonyl (C=O) groups is 1. The van der Waals surface area contributed by atoms with Crippen molar-refractivity contribution in [1.29, 1.82) is 0 Å². The molecule has 3 rings (SSSR count). The summed E-state index contributed by atoms with van der Waals surface area (Å²) in [6, 6.07) is 9.41. The highest BCUT2D eigenvalue weighted by atomic mass is 32.2. The number of piperidine rings is 1. The molecule has 9 heteroatoms. The molecule has 0 spiro atoms. The van der Waals surface area contributed by atoms with Gasteiger partial charge in [-0.2, -0.15) is 0 Å². The fourth-order valence-corrected chi connectivity index (χ4v) is 7.18. The van der Waals surface area contributed by atoms with Crippen molar-refractivity contribution in [3.63, 3.8) is 0 Å². The summed E-state index contributed by atoms with van der Waals surface area (Å²) in [6.07, 6.45) is 2.68. The minimum Gasteiger partial charge on any atom is -0.497 e. The number of nitrogens with zero attached hydrogens (tertiary/aromatic N) is 3. The van der Waals surface area contributed by atoms with Crippen LogP contribution in [0.4, 0.5) is 5.69 Å². The summed E-state index contributed by atoms with van der Waals surface area (Å²) in [5, 5.41) is 0. The van der Waals surface area contributed by atoms with Crippen LogP contribution >= 0.6 is 0 Å². The number of aryl methyl sites for hydroxylation is 2. The highest BCUT2D eigenvalue weighted by Crippen LogP contribution is 2.33. The van der Waals surface area contributed by atoms with Gasteiger partial charge in [-0.05, 0) is 86.7 Å². The highest BCUT2D eigenvalue weighted by molar-refractivity contribution is 7.89. The van der Waals surface area contributed by atoms with E-state index >= 15 is 0 Å². The first-order valence-electron chi connectivity index (χ1n) is 14.3. The van der Waals surface area contributed by atoms with Crippen molar-refractivity contribution in [2.45, 2.75) is 58.3 Å². The number of carbonyl (C=O) groups excluding carboxylic acids is 1. The van der Waals surface area contributed by atoms with Gasteiger partial charge in [0, 0.05) is 46.1 Å². The van der Waals surface area contributed by atoms with Crippen LogP contribution in [0.5, 0.6) is 11.5 Å².